The first kappa shape index (κ1) is 13.7. The van der Waals surface area contributed by atoms with Crippen LogP contribution in [0.2, 0.25) is 0 Å². The third kappa shape index (κ3) is 3.16. The molecule has 9 heteroatoms. The number of hydrogen-bond donors (Lipinski definition) is 1. The largest absolute Gasteiger partial charge is 0.451 e. The fraction of sp³-hybridized carbons (Fsp3) is 0.300. The van der Waals surface area contributed by atoms with Gasteiger partial charge < -0.3 is 10.2 Å². The Labute approximate surface area is 110 Å². The SMILES string of the molecule is Cc1nc(Sc2cc(N)nc(C(F)(F)F)n2)oc1C. The molecule has 0 spiro atoms. The molecule has 0 amide bonds. The second-order valence-corrected chi connectivity index (χ2v) is 4.65. The number of alkyl halides is 3. The minimum atomic E-state index is -4.65. The van der Waals surface area contributed by atoms with Crippen LogP contribution in [0.4, 0.5) is 19.0 Å². The molecule has 19 heavy (non-hydrogen) atoms. The van der Waals surface area contributed by atoms with Crippen molar-refractivity contribution in [2.24, 2.45) is 0 Å². The van der Waals surface area contributed by atoms with Crippen molar-refractivity contribution >= 4 is 17.6 Å². The zero-order chi connectivity index (χ0) is 14.2. The highest BCUT2D eigenvalue weighted by atomic mass is 32.2. The summed E-state index contributed by atoms with van der Waals surface area (Å²) in [7, 11) is 0. The maximum Gasteiger partial charge on any atom is 0.451 e. The Morgan fingerprint density at radius 1 is 1.21 bits per heavy atom. The lowest BCUT2D eigenvalue weighted by Crippen LogP contribution is -2.12. The molecule has 2 aromatic heterocycles. The molecule has 0 saturated heterocycles. The minimum Gasteiger partial charge on any atom is -0.436 e. The van der Waals surface area contributed by atoms with Gasteiger partial charge in [0.1, 0.15) is 16.6 Å². The summed E-state index contributed by atoms with van der Waals surface area (Å²) >= 11 is 0.858. The van der Waals surface area contributed by atoms with Crippen molar-refractivity contribution in [2.45, 2.75) is 30.3 Å². The van der Waals surface area contributed by atoms with E-state index in [2.05, 4.69) is 15.0 Å². The molecular weight excluding hydrogens is 281 g/mol. The van der Waals surface area contributed by atoms with Gasteiger partial charge in [-0.25, -0.2) is 15.0 Å². The van der Waals surface area contributed by atoms with E-state index in [0.29, 0.717) is 11.5 Å². The number of nitrogens with zero attached hydrogens (tertiary/aromatic N) is 3. The molecule has 0 aromatic carbocycles. The average molecular weight is 290 g/mol. The van der Waals surface area contributed by atoms with Crippen LogP contribution in [0.3, 0.4) is 0 Å². The lowest BCUT2D eigenvalue weighted by atomic mass is 10.4. The molecule has 2 aromatic rings. The van der Waals surface area contributed by atoms with Gasteiger partial charge in [-0.2, -0.15) is 13.2 Å². The summed E-state index contributed by atoms with van der Waals surface area (Å²) < 4.78 is 42.8. The van der Waals surface area contributed by atoms with Crippen LogP contribution in [0.25, 0.3) is 0 Å². The van der Waals surface area contributed by atoms with Crippen molar-refractivity contribution in [3.05, 3.63) is 23.3 Å². The van der Waals surface area contributed by atoms with Gasteiger partial charge in [0.2, 0.25) is 5.82 Å². The molecule has 2 N–H and O–H groups in total. The first-order valence-electron chi connectivity index (χ1n) is 5.09. The van der Waals surface area contributed by atoms with Crippen molar-refractivity contribution in [3.8, 4) is 0 Å². The van der Waals surface area contributed by atoms with Crippen LogP contribution in [-0.2, 0) is 6.18 Å². The Balaban J connectivity index is 2.32. The van der Waals surface area contributed by atoms with E-state index in [1.54, 1.807) is 13.8 Å². The number of halogens is 3. The zero-order valence-corrected chi connectivity index (χ0v) is 10.8. The quantitative estimate of drug-likeness (QED) is 0.857. The topological polar surface area (TPSA) is 77.8 Å². The van der Waals surface area contributed by atoms with Gasteiger partial charge in [-0.15, -0.1) is 0 Å². The molecule has 5 nitrogen and oxygen atoms in total. The Bertz CT molecular complexity index is 592. The molecule has 0 aliphatic rings. The van der Waals surface area contributed by atoms with E-state index < -0.39 is 12.0 Å². The van der Waals surface area contributed by atoms with Crippen LogP contribution in [0, 0.1) is 13.8 Å². The van der Waals surface area contributed by atoms with E-state index in [1.165, 1.54) is 6.07 Å². The van der Waals surface area contributed by atoms with Crippen molar-refractivity contribution in [3.63, 3.8) is 0 Å². The van der Waals surface area contributed by atoms with Crippen molar-refractivity contribution < 1.29 is 17.6 Å². The molecule has 2 rings (SSSR count). The van der Waals surface area contributed by atoms with Gasteiger partial charge in [0, 0.05) is 6.07 Å². The second kappa shape index (κ2) is 4.72. The highest BCUT2D eigenvalue weighted by Crippen LogP contribution is 2.32. The van der Waals surface area contributed by atoms with Crippen LogP contribution >= 0.6 is 11.8 Å². The van der Waals surface area contributed by atoms with E-state index in [4.69, 9.17) is 10.2 Å². The number of nitrogens with two attached hydrogens (primary N) is 1. The van der Waals surface area contributed by atoms with Crippen LogP contribution < -0.4 is 5.73 Å². The summed E-state index contributed by atoms with van der Waals surface area (Å²) in [4.78, 5) is 10.6. The lowest BCUT2D eigenvalue weighted by molar-refractivity contribution is -0.145. The van der Waals surface area contributed by atoms with Crippen LogP contribution in [-0.4, -0.2) is 15.0 Å². The van der Waals surface area contributed by atoms with Crippen molar-refractivity contribution in [1.82, 2.24) is 15.0 Å². The second-order valence-electron chi connectivity index (χ2n) is 3.68. The molecule has 0 aliphatic heterocycles. The summed E-state index contributed by atoms with van der Waals surface area (Å²) in [6, 6.07) is 1.23. The molecular formula is C10H9F3N4OS. The number of aromatic nitrogens is 3. The molecule has 0 atom stereocenters. The van der Waals surface area contributed by atoms with Gasteiger partial charge >= 0.3 is 6.18 Å². The monoisotopic (exact) mass is 290 g/mol. The summed E-state index contributed by atoms with van der Waals surface area (Å²) in [5.41, 5.74) is 6.00. The highest BCUT2D eigenvalue weighted by molar-refractivity contribution is 7.99. The number of hydrogen-bond acceptors (Lipinski definition) is 6. The van der Waals surface area contributed by atoms with Gasteiger partial charge in [-0.1, -0.05) is 0 Å². The maximum atomic E-state index is 12.5. The number of anilines is 1. The van der Waals surface area contributed by atoms with E-state index in [1.807, 2.05) is 0 Å². The van der Waals surface area contributed by atoms with E-state index >= 15 is 0 Å². The van der Waals surface area contributed by atoms with E-state index in [9.17, 15) is 13.2 Å². The molecule has 0 bridgehead atoms. The third-order valence-electron chi connectivity index (χ3n) is 2.18. The molecule has 0 radical (unpaired) electrons. The Morgan fingerprint density at radius 2 is 1.89 bits per heavy atom. The summed E-state index contributed by atoms with van der Waals surface area (Å²) in [6.07, 6.45) is -4.65. The van der Waals surface area contributed by atoms with Gasteiger partial charge in [0.15, 0.2) is 0 Å². The molecule has 102 valence electrons. The predicted molar refractivity (Wildman–Crippen MR) is 61.5 cm³/mol. The smallest absolute Gasteiger partial charge is 0.436 e. The molecule has 0 aliphatic carbocycles. The predicted octanol–water partition coefficient (Wildman–Crippen LogP) is 2.83. The number of rotatable bonds is 2. The van der Waals surface area contributed by atoms with Crippen molar-refractivity contribution in [1.29, 1.82) is 0 Å². The molecule has 0 fully saturated rings. The first-order valence-corrected chi connectivity index (χ1v) is 5.91. The maximum absolute atomic E-state index is 12.5. The summed E-state index contributed by atoms with van der Waals surface area (Å²) in [6.45, 7) is 3.44. The average Bonchev–Trinajstić information content (AvgIpc) is 2.55. The fourth-order valence-electron chi connectivity index (χ4n) is 1.20. The Morgan fingerprint density at radius 3 is 2.42 bits per heavy atom. The standard InChI is InChI=1S/C10H9F3N4OS/c1-4-5(2)18-9(15-4)19-7-3-6(14)16-8(17-7)10(11,12)13/h3H,1-2H3,(H2,14,16,17). The number of oxazole rings is 1. The van der Waals surface area contributed by atoms with Crippen molar-refractivity contribution in [2.75, 3.05) is 5.73 Å². The summed E-state index contributed by atoms with van der Waals surface area (Å²) in [5.74, 6) is -0.944. The van der Waals surface area contributed by atoms with Gasteiger partial charge in [0.05, 0.1) is 5.69 Å². The highest BCUT2D eigenvalue weighted by Gasteiger charge is 2.35. The van der Waals surface area contributed by atoms with E-state index in [-0.39, 0.29) is 16.1 Å². The normalized spacial score (nSPS) is 11.8. The van der Waals surface area contributed by atoms with E-state index in [0.717, 1.165) is 11.8 Å². The zero-order valence-electron chi connectivity index (χ0n) is 9.95. The van der Waals surface area contributed by atoms with Gasteiger partial charge in [-0.3, -0.25) is 0 Å². The van der Waals surface area contributed by atoms with Crippen LogP contribution in [0.15, 0.2) is 20.7 Å². The van der Waals surface area contributed by atoms with Gasteiger partial charge in [-0.05, 0) is 25.6 Å². The molecule has 0 unspecified atom stereocenters. The Kier molecular flexibility index (Phi) is 3.40. The first-order chi connectivity index (χ1) is 8.75. The van der Waals surface area contributed by atoms with Crippen LogP contribution in [0.1, 0.15) is 17.3 Å². The number of nitrogen functional groups attached to an aromatic ring is 1. The minimum absolute atomic E-state index is 0.0288. The number of aryl methyl sites for hydroxylation is 2. The third-order valence-corrected chi connectivity index (χ3v) is 2.94. The Hall–Kier alpha value is -1.77. The lowest BCUT2D eigenvalue weighted by Gasteiger charge is -2.06. The molecule has 2 heterocycles. The summed E-state index contributed by atoms with van der Waals surface area (Å²) in [5, 5.41) is 0.238. The fourth-order valence-corrected chi connectivity index (χ4v) is 2.04. The van der Waals surface area contributed by atoms with Gasteiger partial charge in [0.25, 0.3) is 5.22 Å². The molecule has 0 saturated carbocycles. The van der Waals surface area contributed by atoms with Crippen LogP contribution in [0.5, 0.6) is 0 Å².